The Morgan fingerprint density at radius 3 is 2.84 bits per heavy atom. The zero-order valence-electron chi connectivity index (χ0n) is 14.3. The first-order chi connectivity index (χ1) is 12.0. The summed E-state index contributed by atoms with van der Waals surface area (Å²) in [6.07, 6.45) is 2.46. The molecule has 0 radical (unpaired) electrons. The summed E-state index contributed by atoms with van der Waals surface area (Å²) < 4.78 is 1.87. The second-order valence-electron chi connectivity index (χ2n) is 5.72. The highest BCUT2D eigenvalue weighted by Gasteiger charge is 2.12. The summed E-state index contributed by atoms with van der Waals surface area (Å²) in [6.45, 7) is 3.47. The molecule has 1 amide bonds. The predicted molar refractivity (Wildman–Crippen MR) is 96.6 cm³/mol. The van der Waals surface area contributed by atoms with Gasteiger partial charge in [0.15, 0.2) is 5.82 Å². The van der Waals surface area contributed by atoms with E-state index in [0.717, 1.165) is 23.2 Å². The molecule has 7 heteroatoms. The molecule has 7 nitrogen and oxygen atoms in total. The summed E-state index contributed by atoms with van der Waals surface area (Å²) in [5.74, 6) is 0.809. The van der Waals surface area contributed by atoms with Crippen LogP contribution in [0.4, 0.5) is 17.3 Å². The fraction of sp³-hybridized carbons (Fsp3) is 0.222. The van der Waals surface area contributed by atoms with Gasteiger partial charge < -0.3 is 15.2 Å². The summed E-state index contributed by atoms with van der Waals surface area (Å²) >= 11 is 0. The first kappa shape index (κ1) is 16.5. The maximum absolute atomic E-state index is 11.5. The number of hydrogen-bond donors (Lipinski definition) is 2. The minimum Gasteiger partial charge on any atom is -0.340 e. The number of nitriles is 1. The third-order valence-electron chi connectivity index (χ3n) is 3.89. The van der Waals surface area contributed by atoms with Crippen molar-refractivity contribution in [3.05, 3.63) is 41.7 Å². The van der Waals surface area contributed by atoms with Crippen LogP contribution in [0.3, 0.4) is 0 Å². The Morgan fingerprint density at radius 1 is 1.36 bits per heavy atom. The number of benzene rings is 1. The van der Waals surface area contributed by atoms with Gasteiger partial charge in [-0.25, -0.2) is 9.97 Å². The molecular weight excluding hydrogens is 316 g/mol. The number of amides is 1. The average Bonchev–Trinajstić information content (AvgIpc) is 2.96. The van der Waals surface area contributed by atoms with E-state index < -0.39 is 0 Å². The molecule has 3 rings (SSSR count). The van der Waals surface area contributed by atoms with Crippen molar-refractivity contribution in [3.63, 3.8) is 0 Å². The van der Waals surface area contributed by atoms with Gasteiger partial charge in [0.05, 0.1) is 23.5 Å². The van der Waals surface area contributed by atoms with Crippen LogP contribution in [0.15, 0.2) is 30.6 Å². The number of carbonyl (C=O) groups excluding carboxylic acids is 1. The van der Waals surface area contributed by atoms with Gasteiger partial charge in [-0.15, -0.1) is 0 Å². The van der Waals surface area contributed by atoms with Crippen LogP contribution in [0.2, 0.25) is 0 Å². The molecule has 25 heavy (non-hydrogen) atoms. The van der Waals surface area contributed by atoms with Gasteiger partial charge >= 0.3 is 0 Å². The molecule has 2 N–H and O–H groups in total. The second kappa shape index (κ2) is 6.61. The molecule has 126 valence electrons. The Kier molecular flexibility index (Phi) is 4.35. The molecule has 0 aliphatic rings. The highest BCUT2D eigenvalue weighted by Crippen LogP contribution is 2.27. The van der Waals surface area contributed by atoms with Crippen molar-refractivity contribution in [2.75, 3.05) is 10.6 Å². The number of aromatic nitrogens is 3. The standard InChI is InChI=1S/C18H18N6O/c1-4-13-7-12(9-19)5-6-14(13)22-16-8-15-17(20-10-24(15)3)18(23-16)21-11(2)25/h5-8,10H,4H2,1-3H3,(H2,21,22,23,25). The number of nitrogens with one attached hydrogen (secondary N) is 2. The topological polar surface area (TPSA) is 95.6 Å². The summed E-state index contributed by atoms with van der Waals surface area (Å²) in [5, 5.41) is 15.1. The lowest BCUT2D eigenvalue weighted by Gasteiger charge is -2.12. The largest absolute Gasteiger partial charge is 0.340 e. The van der Waals surface area contributed by atoms with Crippen molar-refractivity contribution in [2.24, 2.45) is 7.05 Å². The summed E-state index contributed by atoms with van der Waals surface area (Å²) in [4.78, 5) is 20.2. The Balaban J connectivity index is 2.06. The van der Waals surface area contributed by atoms with Crippen molar-refractivity contribution >= 4 is 34.3 Å². The summed E-state index contributed by atoms with van der Waals surface area (Å²) in [5.41, 5.74) is 4.01. The van der Waals surface area contributed by atoms with E-state index in [1.165, 1.54) is 6.92 Å². The highest BCUT2D eigenvalue weighted by atomic mass is 16.1. The molecule has 2 heterocycles. The first-order valence-corrected chi connectivity index (χ1v) is 7.91. The fourth-order valence-electron chi connectivity index (χ4n) is 2.66. The van der Waals surface area contributed by atoms with Gasteiger partial charge in [-0.1, -0.05) is 6.92 Å². The van der Waals surface area contributed by atoms with Crippen molar-refractivity contribution in [2.45, 2.75) is 20.3 Å². The van der Waals surface area contributed by atoms with Crippen LogP contribution in [0.5, 0.6) is 0 Å². The van der Waals surface area contributed by atoms with E-state index in [2.05, 4.69) is 26.7 Å². The zero-order chi connectivity index (χ0) is 18.0. The van der Waals surface area contributed by atoms with Crippen molar-refractivity contribution < 1.29 is 4.79 Å². The van der Waals surface area contributed by atoms with Crippen LogP contribution in [0.25, 0.3) is 11.0 Å². The predicted octanol–water partition coefficient (Wildman–Crippen LogP) is 3.10. The molecule has 0 atom stereocenters. The quantitative estimate of drug-likeness (QED) is 0.764. The lowest BCUT2D eigenvalue weighted by atomic mass is 10.1. The van der Waals surface area contributed by atoms with Gasteiger partial charge in [0.25, 0.3) is 0 Å². The molecule has 0 aliphatic carbocycles. The Hall–Kier alpha value is -3.40. The molecule has 1 aromatic carbocycles. The second-order valence-corrected chi connectivity index (χ2v) is 5.72. The van der Waals surface area contributed by atoms with Crippen LogP contribution < -0.4 is 10.6 Å². The molecule has 0 saturated heterocycles. The molecule has 0 bridgehead atoms. The number of carbonyl (C=O) groups is 1. The van der Waals surface area contributed by atoms with Gasteiger partial charge in [-0.3, -0.25) is 4.79 Å². The number of nitrogens with zero attached hydrogens (tertiary/aromatic N) is 4. The van der Waals surface area contributed by atoms with Crippen LogP contribution in [0.1, 0.15) is 25.0 Å². The third-order valence-corrected chi connectivity index (χ3v) is 3.89. The Labute approximate surface area is 145 Å². The Bertz CT molecular complexity index is 999. The van der Waals surface area contributed by atoms with Gasteiger partial charge in [0.2, 0.25) is 5.91 Å². The number of fused-ring (bicyclic) bond motifs is 1. The molecule has 0 saturated carbocycles. The minimum atomic E-state index is -0.204. The number of hydrogen-bond acceptors (Lipinski definition) is 5. The normalized spacial score (nSPS) is 10.5. The summed E-state index contributed by atoms with van der Waals surface area (Å²) in [6, 6.07) is 9.52. The number of pyridine rings is 1. The maximum Gasteiger partial charge on any atom is 0.222 e. The Morgan fingerprint density at radius 2 is 2.16 bits per heavy atom. The maximum atomic E-state index is 11.5. The van der Waals surface area contributed by atoms with E-state index in [4.69, 9.17) is 5.26 Å². The van der Waals surface area contributed by atoms with E-state index in [1.54, 1.807) is 12.4 Å². The minimum absolute atomic E-state index is 0.204. The number of imidazole rings is 1. The third kappa shape index (κ3) is 3.28. The molecule has 0 unspecified atom stereocenters. The molecule has 0 aliphatic heterocycles. The molecule has 3 aromatic rings. The van der Waals surface area contributed by atoms with Gasteiger partial charge in [-0.05, 0) is 30.2 Å². The van der Waals surface area contributed by atoms with Crippen molar-refractivity contribution in [1.29, 1.82) is 5.26 Å². The monoisotopic (exact) mass is 334 g/mol. The lowest BCUT2D eigenvalue weighted by Crippen LogP contribution is -2.09. The molecule has 0 fully saturated rings. The van der Waals surface area contributed by atoms with Crippen molar-refractivity contribution in [3.8, 4) is 6.07 Å². The van der Waals surface area contributed by atoms with Gasteiger partial charge in [0, 0.05) is 25.7 Å². The van der Waals surface area contributed by atoms with E-state index in [0.29, 0.717) is 22.7 Å². The molecule has 0 spiro atoms. The smallest absolute Gasteiger partial charge is 0.222 e. The first-order valence-electron chi connectivity index (χ1n) is 7.91. The average molecular weight is 334 g/mol. The van der Waals surface area contributed by atoms with Crippen LogP contribution in [-0.2, 0) is 18.3 Å². The number of rotatable bonds is 4. The fourth-order valence-corrected chi connectivity index (χ4v) is 2.66. The van der Waals surface area contributed by atoms with Gasteiger partial charge in [-0.2, -0.15) is 5.26 Å². The SMILES string of the molecule is CCc1cc(C#N)ccc1Nc1cc2c(ncn2C)c(NC(C)=O)n1. The van der Waals surface area contributed by atoms with Crippen LogP contribution in [-0.4, -0.2) is 20.4 Å². The van der Waals surface area contributed by atoms with Crippen LogP contribution in [0, 0.1) is 11.3 Å². The van der Waals surface area contributed by atoms with E-state index in [9.17, 15) is 4.79 Å². The molecule has 2 aromatic heterocycles. The van der Waals surface area contributed by atoms with Gasteiger partial charge in [0.1, 0.15) is 11.3 Å². The molecular formula is C18H18N6O. The zero-order valence-corrected chi connectivity index (χ0v) is 14.3. The summed E-state index contributed by atoms with van der Waals surface area (Å²) in [7, 11) is 1.88. The lowest BCUT2D eigenvalue weighted by molar-refractivity contribution is -0.114. The van der Waals surface area contributed by atoms with Crippen molar-refractivity contribution in [1.82, 2.24) is 14.5 Å². The van der Waals surface area contributed by atoms with E-state index >= 15 is 0 Å². The van der Waals surface area contributed by atoms with Crippen LogP contribution >= 0.6 is 0 Å². The van der Waals surface area contributed by atoms with E-state index in [1.807, 2.05) is 36.7 Å². The number of anilines is 3. The highest BCUT2D eigenvalue weighted by molar-refractivity contribution is 5.98. The van der Waals surface area contributed by atoms with E-state index in [-0.39, 0.29) is 5.91 Å². The number of aryl methyl sites for hydroxylation is 2.